The van der Waals surface area contributed by atoms with E-state index in [-0.39, 0.29) is 11.4 Å². The Balaban J connectivity index is 2.51. The van der Waals surface area contributed by atoms with Crippen LogP contribution in [0.15, 0.2) is 24.3 Å². The zero-order chi connectivity index (χ0) is 14.9. The molecular weight excluding hydrogens is 275 g/mol. The van der Waals surface area contributed by atoms with Crippen molar-refractivity contribution in [1.82, 2.24) is 15.0 Å². The molecule has 0 unspecified atom stereocenters. The minimum Gasteiger partial charge on any atom is -0.476 e. The third-order valence-corrected chi connectivity index (χ3v) is 2.72. The van der Waals surface area contributed by atoms with Crippen molar-refractivity contribution >= 4 is 5.97 Å². The van der Waals surface area contributed by atoms with E-state index >= 15 is 0 Å². The number of hydrogen-bond acceptors (Lipinski definition) is 3. The molecule has 8 heteroatoms. The number of nitrogens with zero attached hydrogens (tertiary/aromatic N) is 3. The molecule has 1 aromatic heterocycles. The summed E-state index contributed by atoms with van der Waals surface area (Å²) in [5.41, 5.74) is -0.573. The van der Waals surface area contributed by atoms with Crippen LogP contribution < -0.4 is 0 Å². The quantitative estimate of drug-likeness (QED) is 0.941. The Labute approximate surface area is 111 Å². The van der Waals surface area contributed by atoms with E-state index in [1.54, 1.807) is 6.92 Å². The number of hydrogen-bond donors (Lipinski definition) is 1. The molecule has 0 aliphatic heterocycles. The fourth-order valence-corrected chi connectivity index (χ4v) is 1.78. The molecular formula is C12H10F3N3O2. The number of carboxylic acid groups (broad SMARTS) is 1. The Morgan fingerprint density at radius 1 is 1.30 bits per heavy atom. The molecule has 0 saturated carbocycles. The number of aromatic nitrogens is 3. The van der Waals surface area contributed by atoms with Gasteiger partial charge >= 0.3 is 12.1 Å². The van der Waals surface area contributed by atoms with Crippen molar-refractivity contribution in [2.45, 2.75) is 19.6 Å². The second-order valence-corrected chi connectivity index (χ2v) is 3.98. The van der Waals surface area contributed by atoms with Crippen molar-refractivity contribution < 1.29 is 23.1 Å². The van der Waals surface area contributed by atoms with E-state index in [4.69, 9.17) is 5.11 Å². The van der Waals surface area contributed by atoms with Gasteiger partial charge in [-0.1, -0.05) is 17.3 Å². The molecule has 0 aliphatic rings. The third kappa shape index (κ3) is 2.49. The van der Waals surface area contributed by atoms with Crippen LogP contribution in [0.3, 0.4) is 0 Å². The van der Waals surface area contributed by atoms with Crippen molar-refractivity contribution in [1.29, 1.82) is 0 Å². The predicted octanol–water partition coefficient (Wildman–Crippen LogP) is 2.68. The highest BCUT2D eigenvalue weighted by molar-refractivity contribution is 5.92. The Morgan fingerprint density at radius 3 is 2.35 bits per heavy atom. The lowest BCUT2D eigenvalue weighted by atomic mass is 10.1. The molecule has 2 aromatic rings. The molecule has 20 heavy (non-hydrogen) atoms. The molecule has 5 nitrogen and oxygen atoms in total. The summed E-state index contributed by atoms with van der Waals surface area (Å²) in [6, 6.07) is 4.21. The lowest BCUT2D eigenvalue weighted by molar-refractivity contribution is -0.137. The van der Waals surface area contributed by atoms with Crippen LogP contribution in [0, 0.1) is 0 Å². The first kappa shape index (κ1) is 14.0. The van der Waals surface area contributed by atoms with Gasteiger partial charge < -0.3 is 5.11 Å². The number of rotatable bonds is 3. The second-order valence-electron chi connectivity index (χ2n) is 3.98. The first-order valence-electron chi connectivity index (χ1n) is 5.69. The summed E-state index contributed by atoms with van der Waals surface area (Å²) in [6.45, 7) is 2.09. The summed E-state index contributed by atoms with van der Waals surface area (Å²) in [6.07, 6.45) is -4.43. The van der Waals surface area contributed by atoms with Gasteiger partial charge in [0.05, 0.1) is 5.56 Å². The van der Waals surface area contributed by atoms with E-state index in [1.807, 2.05) is 0 Å². The van der Waals surface area contributed by atoms with Crippen LogP contribution in [0.5, 0.6) is 0 Å². The van der Waals surface area contributed by atoms with Gasteiger partial charge in [-0.15, -0.1) is 5.10 Å². The summed E-state index contributed by atoms with van der Waals surface area (Å²) in [7, 11) is 0. The molecule has 0 aliphatic carbocycles. The Kier molecular flexibility index (Phi) is 3.47. The minimum atomic E-state index is -4.43. The van der Waals surface area contributed by atoms with Crippen LogP contribution >= 0.6 is 0 Å². The monoisotopic (exact) mass is 285 g/mol. The molecule has 106 valence electrons. The van der Waals surface area contributed by atoms with Crippen molar-refractivity contribution in [2.24, 2.45) is 0 Å². The summed E-state index contributed by atoms with van der Waals surface area (Å²) >= 11 is 0. The van der Waals surface area contributed by atoms with Gasteiger partial charge in [-0.25, -0.2) is 9.48 Å². The van der Waals surface area contributed by atoms with Crippen molar-refractivity contribution in [3.8, 4) is 11.3 Å². The zero-order valence-electron chi connectivity index (χ0n) is 10.3. The lowest BCUT2D eigenvalue weighted by Gasteiger charge is -2.08. The van der Waals surface area contributed by atoms with Crippen LogP contribution in [0.2, 0.25) is 0 Å². The first-order chi connectivity index (χ1) is 9.34. The van der Waals surface area contributed by atoms with Crippen LogP contribution in [-0.4, -0.2) is 26.1 Å². The van der Waals surface area contributed by atoms with Crippen LogP contribution in [0.25, 0.3) is 11.3 Å². The van der Waals surface area contributed by atoms with Crippen LogP contribution in [-0.2, 0) is 12.7 Å². The molecule has 0 saturated heterocycles. The van der Waals surface area contributed by atoms with Gasteiger partial charge in [0.1, 0.15) is 5.69 Å². The Bertz CT molecular complexity index is 632. The van der Waals surface area contributed by atoms with Crippen molar-refractivity contribution in [2.75, 3.05) is 0 Å². The van der Waals surface area contributed by atoms with Gasteiger partial charge in [0.25, 0.3) is 0 Å². The maximum absolute atomic E-state index is 12.5. The summed E-state index contributed by atoms with van der Waals surface area (Å²) in [4.78, 5) is 11.1. The van der Waals surface area contributed by atoms with Gasteiger partial charge in [0.15, 0.2) is 5.69 Å². The zero-order valence-corrected chi connectivity index (χ0v) is 10.3. The highest BCUT2D eigenvalue weighted by Crippen LogP contribution is 2.31. The number of alkyl halides is 3. The van der Waals surface area contributed by atoms with Crippen LogP contribution in [0.4, 0.5) is 13.2 Å². The summed E-state index contributed by atoms with van der Waals surface area (Å²) in [5.74, 6) is -1.28. The highest BCUT2D eigenvalue weighted by Gasteiger charge is 2.30. The van der Waals surface area contributed by atoms with Gasteiger partial charge in [0, 0.05) is 12.1 Å². The van der Waals surface area contributed by atoms with Crippen molar-refractivity contribution in [3.63, 3.8) is 0 Å². The standard InChI is InChI=1S/C12H10F3N3O2/c1-2-18-10(9(11(19)20)16-17-18)7-3-5-8(6-4-7)12(13,14)15/h3-6H,2H2,1H3,(H,19,20). The number of carbonyl (C=O) groups is 1. The van der Waals surface area contributed by atoms with Gasteiger partial charge in [0.2, 0.25) is 0 Å². The minimum absolute atomic E-state index is 0.189. The smallest absolute Gasteiger partial charge is 0.416 e. The van der Waals surface area contributed by atoms with Crippen LogP contribution in [0.1, 0.15) is 23.0 Å². The molecule has 0 fully saturated rings. The molecule has 0 amide bonds. The Hall–Kier alpha value is -2.38. The number of carboxylic acids is 1. The number of aryl methyl sites for hydroxylation is 1. The van der Waals surface area contributed by atoms with E-state index in [9.17, 15) is 18.0 Å². The topological polar surface area (TPSA) is 68.0 Å². The largest absolute Gasteiger partial charge is 0.476 e. The molecule has 0 atom stereocenters. The van der Waals surface area contributed by atoms with E-state index in [2.05, 4.69) is 10.3 Å². The molecule has 0 spiro atoms. The normalized spacial score (nSPS) is 11.6. The van der Waals surface area contributed by atoms with Gasteiger partial charge in [-0.05, 0) is 19.1 Å². The van der Waals surface area contributed by atoms with E-state index in [0.717, 1.165) is 12.1 Å². The molecule has 1 aromatic carbocycles. The van der Waals surface area contributed by atoms with E-state index in [1.165, 1.54) is 16.8 Å². The average Bonchev–Trinajstić information content (AvgIpc) is 2.81. The molecule has 2 rings (SSSR count). The SMILES string of the molecule is CCn1nnc(C(=O)O)c1-c1ccc(C(F)(F)F)cc1. The molecule has 1 heterocycles. The first-order valence-corrected chi connectivity index (χ1v) is 5.69. The fraction of sp³-hybridized carbons (Fsp3) is 0.250. The van der Waals surface area contributed by atoms with E-state index in [0.29, 0.717) is 12.1 Å². The summed E-state index contributed by atoms with van der Waals surface area (Å²) in [5, 5.41) is 16.2. The van der Waals surface area contributed by atoms with Gasteiger partial charge in [-0.3, -0.25) is 0 Å². The molecule has 0 radical (unpaired) electrons. The second kappa shape index (κ2) is 4.95. The maximum Gasteiger partial charge on any atom is 0.416 e. The fourth-order valence-electron chi connectivity index (χ4n) is 1.78. The number of halogens is 3. The summed E-state index contributed by atoms with van der Waals surface area (Å²) < 4.78 is 38.8. The molecule has 1 N–H and O–H groups in total. The van der Waals surface area contributed by atoms with E-state index < -0.39 is 17.7 Å². The lowest BCUT2D eigenvalue weighted by Crippen LogP contribution is -2.06. The number of aromatic carboxylic acids is 1. The number of benzene rings is 1. The maximum atomic E-state index is 12.5. The highest BCUT2D eigenvalue weighted by atomic mass is 19.4. The van der Waals surface area contributed by atoms with Gasteiger partial charge in [-0.2, -0.15) is 13.2 Å². The average molecular weight is 285 g/mol. The third-order valence-electron chi connectivity index (χ3n) is 2.72. The molecule has 0 bridgehead atoms. The van der Waals surface area contributed by atoms with Crippen molar-refractivity contribution in [3.05, 3.63) is 35.5 Å². The Morgan fingerprint density at radius 2 is 1.90 bits per heavy atom. The predicted molar refractivity (Wildman–Crippen MR) is 63.1 cm³/mol.